The maximum Gasteiger partial charge on any atom is 0.347 e. The second-order valence-electron chi connectivity index (χ2n) is 5.28. The van der Waals surface area contributed by atoms with Crippen LogP contribution in [0.3, 0.4) is 0 Å². The standard InChI is InChI=1S/C18H13F3N2O4/c1-10(27-12-4-2-11(8-22)3-5-12)18(25)26-9-15(24)23-14-7-6-13(19)16(20)17(14)21/h2-7,10H,9H2,1H3,(H,23,24)/t10-/m0/s1. The zero-order valence-corrected chi connectivity index (χ0v) is 14.0. The molecule has 140 valence electrons. The van der Waals surface area contributed by atoms with Crippen LogP contribution in [0.4, 0.5) is 18.9 Å². The number of nitrogens with zero attached hydrogens (tertiary/aromatic N) is 1. The number of ether oxygens (including phenoxy) is 2. The van der Waals surface area contributed by atoms with Crippen molar-refractivity contribution in [2.24, 2.45) is 0 Å². The fourth-order valence-electron chi connectivity index (χ4n) is 1.92. The van der Waals surface area contributed by atoms with Crippen molar-refractivity contribution in [3.8, 4) is 11.8 Å². The third kappa shape index (κ3) is 5.22. The first-order valence-corrected chi connectivity index (χ1v) is 7.58. The van der Waals surface area contributed by atoms with Gasteiger partial charge in [0.05, 0.1) is 17.3 Å². The lowest BCUT2D eigenvalue weighted by atomic mass is 10.2. The Hall–Kier alpha value is -3.54. The Morgan fingerprint density at radius 3 is 2.41 bits per heavy atom. The van der Waals surface area contributed by atoms with E-state index in [9.17, 15) is 22.8 Å². The van der Waals surface area contributed by atoms with Crippen LogP contribution in [0.25, 0.3) is 0 Å². The van der Waals surface area contributed by atoms with Crippen molar-refractivity contribution >= 4 is 17.6 Å². The predicted octanol–water partition coefficient (Wildman–Crippen LogP) is 2.92. The highest BCUT2D eigenvalue weighted by atomic mass is 19.2. The molecule has 0 aliphatic heterocycles. The highest BCUT2D eigenvalue weighted by Gasteiger charge is 2.19. The van der Waals surface area contributed by atoms with Crippen LogP contribution >= 0.6 is 0 Å². The predicted molar refractivity (Wildman–Crippen MR) is 87.2 cm³/mol. The number of rotatable bonds is 6. The van der Waals surface area contributed by atoms with Gasteiger partial charge in [-0.15, -0.1) is 0 Å². The summed E-state index contributed by atoms with van der Waals surface area (Å²) in [5.74, 6) is -6.20. The van der Waals surface area contributed by atoms with Crippen molar-refractivity contribution in [1.29, 1.82) is 5.26 Å². The maximum absolute atomic E-state index is 13.5. The fourth-order valence-corrected chi connectivity index (χ4v) is 1.92. The van der Waals surface area contributed by atoms with E-state index in [4.69, 9.17) is 14.7 Å². The molecule has 0 aliphatic carbocycles. The van der Waals surface area contributed by atoms with E-state index in [-0.39, 0.29) is 0 Å². The number of hydrogen-bond donors (Lipinski definition) is 1. The quantitative estimate of drug-likeness (QED) is 0.617. The summed E-state index contributed by atoms with van der Waals surface area (Å²) in [6, 6.07) is 9.38. The van der Waals surface area contributed by atoms with E-state index >= 15 is 0 Å². The molecule has 0 heterocycles. The zero-order valence-electron chi connectivity index (χ0n) is 14.0. The van der Waals surface area contributed by atoms with Crippen molar-refractivity contribution in [2.75, 3.05) is 11.9 Å². The van der Waals surface area contributed by atoms with E-state index < -0.39 is 47.7 Å². The summed E-state index contributed by atoms with van der Waals surface area (Å²) >= 11 is 0. The molecule has 0 aromatic heterocycles. The summed E-state index contributed by atoms with van der Waals surface area (Å²) in [6.45, 7) is 0.603. The first-order chi connectivity index (χ1) is 12.8. The molecule has 2 aromatic rings. The number of halogens is 3. The average molecular weight is 378 g/mol. The number of benzene rings is 2. The molecule has 1 atom stereocenters. The first-order valence-electron chi connectivity index (χ1n) is 7.58. The van der Waals surface area contributed by atoms with Gasteiger partial charge >= 0.3 is 5.97 Å². The van der Waals surface area contributed by atoms with E-state index in [2.05, 4.69) is 0 Å². The molecule has 27 heavy (non-hydrogen) atoms. The third-order valence-corrected chi connectivity index (χ3v) is 3.28. The Balaban J connectivity index is 1.86. The lowest BCUT2D eigenvalue weighted by Gasteiger charge is -2.14. The lowest BCUT2D eigenvalue weighted by molar-refractivity contribution is -0.153. The van der Waals surface area contributed by atoms with Gasteiger partial charge in [0.15, 0.2) is 30.2 Å². The van der Waals surface area contributed by atoms with Crippen LogP contribution in [0.15, 0.2) is 36.4 Å². The molecule has 9 heteroatoms. The van der Waals surface area contributed by atoms with Crippen LogP contribution in [0.1, 0.15) is 12.5 Å². The van der Waals surface area contributed by atoms with Crippen LogP contribution in [0, 0.1) is 28.8 Å². The third-order valence-electron chi connectivity index (χ3n) is 3.28. The molecule has 0 aliphatic rings. The number of carbonyl (C=O) groups is 2. The summed E-state index contributed by atoms with van der Waals surface area (Å²) in [4.78, 5) is 23.5. The Bertz CT molecular complexity index is 895. The number of amides is 1. The molecule has 1 N–H and O–H groups in total. The molecule has 0 fully saturated rings. The van der Waals surface area contributed by atoms with Crippen LogP contribution < -0.4 is 10.1 Å². The summed E-state index contributed by atoms with van der Waals surface area (Å²) in [5.41, 5.74) is -0.171. The second kappa shape index (κ2) is 8.71. The minimum Gasteiger partial charge on any atom is -0.479 e. The Labute approximate surface area is 152 Å². The van der Waals surface area contributed by atoms with Crippen molar-refractivity contribution in [3.05, 3.63) is 59.4 Å². The van der Waals surface area contributed by atoms with Gasteiger partial charge in [0.25, 0.3) is 5.91 Å². The van der Waals surface area contributed by atoms with Gasteiger partial charge in [0.1, 0.15) is 5.75 Å². The number of nitriles is 1. The van der Waals surface area contributed by atoms with Crippen LogP contribution in [0.2, 0.25) is 0 Å². The van der Waals surface area contributed by atoms with Gasteiger partial charge in [0.2, 0.25) is 0 Å². The molecule has 0 spiro atoms. The molecule has 0 unspecified atom stereocenters. The fraction of sp³-hybridized carbons (Fsp3) is 0.167. The number of esters is 1. The van der Waals surface area contributed by atoms with Crippen LogP contribution in [0.5, 0.6) is 5.75 Å². The molecule has 0 bridgehead atoms. The van der Waals surface area contributed by atoms with Gasteiger partial charge in [-0.3, -0.25) is 4.79 Å². The second-order valence-corrected chi connectivity index (χ2v) is 5.28. The SMILES string of the molecule is C[C@H](Oc1ccc(C#N)cc1)C(=O)OCC(=O)Nc1ccc(F)c(F)c1F. The molecular weight excluding hydrogens is 365 g/mol. The Morgan fingerprint density at radius 2 is 1.78 bits per heavy atom. The molecule has 0 saturated heterocycles. The van der Waals surface area contributed by atoms with Gasteiger partial charge in [-0.2, -0.15) is 5.26 Å². The number of anilines is 1. The highest BCUT2D eigenvalue weighted by molar-refractivity contribution is 5.93. The normalized spacial score (nSPS) is 11.2. The topological polar surface area (TPSA) is 88.4 Å². The summed E-state index contributed by atoms with van der Waals surface area (Å²) in [5, 5.41) is 10.7. The van der Waals surface area contributed by atoms with E-state index in [0.29, 0.717) is 17.4 Å². The summed E-state index contributed by atoms with van der Waals surface area (Å²) in [6.07, 6.45) is -1.06. The number of carbonyl (C=O) groups excluding carboxylic acids is 2. The molecule has 6 nitrogen and oxygen atoms in total. The van der Waals surface area contributed by atoms with Crippen LogP contribution in [-0.4, -0.2) is 24.6 Å². The van der Waals surface area contributed by atoms with Gasteiger partial charge < -0.3 is 14.8 Å². The van der Waals surface area contributed by atoms with Gasteiger partial charge in [-0.1, -0.05) is 0 Å². The van der Waals surface area contributed by atoms with Crippen molar-refractivity contribution < 1.29 is 32.2 Å². The molecule has 0 saturated carbocycles. The Morgan fingerprint density at radius 1 is 1.11 bits per heavy atom. The number of hydrogen-bond acceptors (Lipinski definition) is 5. The van der Waals surface area contributed by atoms with E-state index in [0.717, 1.165) is 6.07 Å². The minimum atomic E-state index is -1.73. The van der Waals surface area contributed by atoms with Crippen molar-refractivity contribution in [1.82, 2.24) is 0 Å². The van der Waals surface area contributed by atoms with E-state index in [1.165, 1.54) is 31.2 Å². The smallest absolute Gasteiger partial charge is 0.347 e. The molecule has 2 aromatic carbocycles. The lowest BCUT2D eigenvalue weighted by Crippen LogP contribution is -2.30. The largest absolute Gasteiger partial charge is 0.479 e. The van der Waals surface area contributed by atoms with Crippen molar-refractivity contribution in [3.63, 3.8) is 0 Å². The van der Waals surface area contributed by atoms with E-state index in [1.807, 2.05) is 11.4 Å². The van der Waals surface area contributed by atoms with Gasteiger partial charge in [0, 0.05) is 0 Å². The van der Waals surface area contributed by atoms with E-state index in [1.54, 1.807) is 0 Å². The average Bonchev–Trinajstić information content (AvgIpc) is 2.67. The van der Waals surface area contributed by atoms with Gasteiger partial charge in [-0.05, 0) is 43.3 Å². The molecule has 1 amide bonds. The van der Waals surface area contributed by atoms with Crippen LogP contribution in [-0.2, 0) is 14.3 Å². The molecular formula is C18H13F3N2O4. The highest BCUT2D eigenvalue weighted by Crippen LogP contribution is 2.19. The first kappa shape index (κ1) is 19.8. The monoisotopic (exact) mass is 378 g/mol. The summed E-state index contributed by atoms with van der Waals surface area (Å²) in [7, 11) is 0. The number of nitrogens with one attached hydrogen (secondary N) is 1. The molecule has 0 radical (unpaired) electrons. The van der Waals surface area contributed by atoms with Crippen molar-refractivity contribution in [2.45, 2.75) is 13.0 Å². The molecule has 2 rings (SSSR count). The minimum absolute atomic E-state index is 0.312. The summed E-state index contributed by atoms with van der Waals surface area (Å²) < 4.78 is 49.4. The maximum atomic E-state index is 13.5. The van der Waals surface area contributed by atoms with Gasteiger partial charge in [-0.25, -0.2) is 18.0 Å². The Kier molecular flexibility index (Phi) is 6.38. The zero-order chi connectivity index (χ0) is 20.0.